The molecule has 0 radical (unpaired) electrons. The molecule has 0 bridgehead atoms. The summed E-state index contributed by atoms with van der Waals surface area (Å²) in [5.41, 5.74) is 3.40. The second-order valence-corrected chi connectivity index (χ2v) is 8.10. The van der Waals surface area contributed by atoms with Crippen molar-refractivity contribution < 1.29 is 9.53 Å². The Hall–Kier alpha value is -2.47. The van der Waals surface area contributed by atoms with Gasteiger partial charge in [0.15, 0.2) is 0 Å². The number of carbonyl (C=O) groups excluding carboxylic acids is 1. The van der Waals surface area contributed by atoms with Gasteiger partial charge in [-0.2, -0.15) is 0 Å². The van der Waals surface area contributed by atoms with E-state index in [2.05, 4.69) is 24.0 Å². The average Bonchev–Trinajstić information content (AvgIpc) is 2.73. The summed E-state index contributed by atoms with van der Waals surface area (Å²) in [5, 5.41) is 0. The van der Waals surface area contributed by atoms with Gasteiger partial charge in [0.2, 0.25) is 5.91 Å². The molecule has 1 aromatic heterocycles. The van der Waals surface area contributed by atoms with Crippen LogP contribution < -0.4 is 4.74 Å². The van der Waals surface area contributed by atoms with Crippen LogP contribution in [0.5, 0.6) is 5.75 Å². The van der Waals surface area contributed by atoms with Crippen LogP contribution in [0.25, 0.3) is 0 Å². The number of aromatic nitrogens is 2. The quantitative estimate of drug-likeness (QED) is 0.779. The molecule has 2 aliphatic rings. The number of ether oxygens (including phenoxy) is 1. The smallest absolute Gasteiger partial charge is 0.219 e. The molecule has 1 amide bonds. The minimum Gasteiger partial charge on any atom is -0.492 e. The predicted molar refractivity (Wildman–Crippen MR) is 112 cm³/mol. The maximum absolute atomic E-state index is 11.7. The highest BCUT2D eigenvalue weighted by molar-refractivity contribution is 5.73. The normalized spacial score (nSPS) is 19.7. The number of carbonyl (C=O) groups is 1. The maximum Gasteiger partial charge on any atom is 0.219 e. The van der Waals surface area contributed by atoms with Crippen LogP contribution in [0, 0.1) is 6.92 Å². The second kappa shape index (κ2) is 8.91. The van der Waals surface area contributed by atoms with Crippen molar-refractivity contribution in [3.63, 3.8) is 0 Å². The van der Waals surface area contributed by atoms with Gasteiger partial charge >= 0.3 is 0 Å². The number of aryl methyl sites for hydroxylation is 1. The van der Waals surface area contributed by atoms with Gasteiger partial charge in [0.1, 0.15) is 18.2 Å². The molecular formula is C23H30N4O2. The molecule has 1 saturated heterocycles. The Labute approximate surface area is 172 Å². The SMILES string of the molecule is CC(=O)N1CCc2nc(C3CCCCN3CCOc3cccc(C)c3)ncc2C1. The highest BCUT2D eigenvalue weighted by Gasteiger charge is 2.28. The number of hydrogen-bond acceptors (Lipinski definition) is 5. The first-order valence-electron chi connectivity index (χ1n) is 10.6. The van der Waals surface area contributed by atoms with Crippen molar-refractivity contribution in [3.05, 3.63) is 53.1 Å². The van der Waals surface area contributed by atoms with E-state index >= 15 is 0 Å². The van der Waals surface area contributed by atoms with Gasteiger partial charge in [0.05, 0.1) is 11.7 Å². The fourth-order valence-electron chi connectivity index (χ4n) is 4.30. The molecule has 0 saturated carbocycles. The van der Waals surface area contributed by atoms with Crippen LogP contribution >= 0.6 is 0 Å². The summed E-state index contributed by atoms with van der Waals surface area (Å²) < 4.78 is 5.98. The molecule has 1 unspecified atom stereocenters. The Bertz CT molecular complexity index is 870. The number of benzene rings is 1. The molecule has 3 heterocycles. The third kappa shape index (κ3) is 4.75. The van der Waals surface area contributed by atoms with Gasteiger partial charge in [-0.3, -0.25) is 9.69 Å². The molecule has 6 nitrogen and oxygen atoms in total. The average molecular weight is 395 g/mol. The van der Waals surface area contributed by atoms with Crippen molar-refractivity contribution in [1.82, 2.24) is 19.8 Å². The predicted octanol–water partition coefficient (Wildman–Crippen LogP) is 3.30. The van der Waals surface area contributed by atoms with Crippen molar-refractivity contribution in [3.8, 4) is 5.75 Å². The molecule has 1 fully saturated rings. The highest BCUT2D eigenvalue weighted by Crippen LogP contribution is 2.29. The Morgan fingerprint density at radius 1 is 1.28 bits per heavy atom. The minimum absolute atomic E-state index is 0.117. The van der Waals surface area contributed by atoms with E-state index in [0.29, 0.717) is 13.2 Å². The van der Waals surface area contributed by atoms with Crippen LogP contribution in [0.3, 0.4) is 0 Å². The van der Waals surface area contributed by atoms with Gasteiger partial charge in [-0.15, -0.1) is 0 Å². The van der Waals surface area contributed by atoms with Crippen LogP contribution in [0.15, 0.2) is 30.5 Å². The first kappa shape index (κ1) is 19.8. The van der Waals surface area contributed by atoms with Crippen LogP contribution in [0.2, 0.25) is 0 Å². The Morgan fingerprint density at radius 2 is 2.17 bits per heavy atom. The van der Waals surface area contributed by atoms with E-state index in [0.717, 1.165) is 55.3 Å². The van der Waals surface area contributed by atoms with E-state index < -0.39 is 0 Å². The molecule has 1 atom stereocenters. The molecule has 4 rings (SSSR count). The molecule has 1 aromatic carbocycles. The number of nitrogens with zero attached hydrogens (tertiary/aromatic N) is 4. The lowest BCUT2D eigenvalue weighted by Crippen LogP contribution is -2.38. The molecule has 2 aromatic rings. The minimum atomic E-state index is 0.117. The van der Waals surface area contributed by atoms with Gasteiger partial charge in [-0.05, 0) is 44.0 Å². The molecule has 6 heteroatoms. The Balaban J connectivity index is 1.41. The third-order valence-corrected chi connectivity index (χ3v) is 5.95. The third-order valence-electron chi connectivity index (χ3n) is 5.95. The van der Waals surface area contributed by atoms with Crippen molar-refractivity contribution >= 4 is 5.91 Å². The summed E-state index contributed by atoms with van der Waals surface area (Å²) in [6, 6.07) is 8.45. The van der Waals surface area contributed by atoms with Crippen molar-refractivity contribution in [2.75, 3.05) is 26.2 Å². The summed E-state index contributed by atoms with van der Waals surface area (Å²) in [7, 11) is 0. The molecule has 0 N–H and O–H groups in total. The van der Waals surface area contributed by atoms with Gasteiger partial charge in [-0.25, -0.2) is 9.97 Å². The fraction of sp³-hybridized carbons (Fsp3) is 0.522. The maximum atomic E-state index is 11.7. The number of amides is 1. The number of likely N-dealkylation sites (tertiary alicyclic amines) is 1. The lowest BCUT2D eigenvalue weighted by molar-refractivity contribution is -0.129. The molecular weight excluding hydrogens is 364 g/mol. The van der Waals surface area contributed by atoms with E-state index in [9.17, 15) is 4.79 Å². The zero-order valence-corrected chi connectivity index (χ0v) is 17.4. The van der Waals surface area contributed by atoms with E-state index in [1.165, 1.54) is 18.4 Å². The van der Waals surface area contributed by atoms with E-state index in [1.54, 1.807) is 6.92 Å². The van der Waals surface area contributed by atoms with Gasteiger partial charge in [-0.1, -0.05) is 18.6 Å². The standard InChI is InChI=1S/C23H30N4O2/c1-17-6-5-7-20(14-17)29-13-12-26-10-4-3-8-22(26)23-24-15-19-16-27(18(2)28)11-9-21(19)25-23/h5-7,14-15,22H,3-4,8-13,16H2,1-2H3. The van der Waals surface area contributed by atoms with Gasteiger partial charge < -0.3 is 9.64 Å². The van der Waals surface area contributed by atoms with Crippen molar-refractivity contribution in [1.29, 1.82) is 0 Å². The van der Waals surface area contributed by atoms with Crippen LogP contribution in [-0.2, 0) is 17.8 Å². The first-order valence-corrected chi connectivity index (χ1v) is 10.6. The molecule has 154 valence electrons. The molecule has 29 heavy (non-hydrogen) atoms. The van der Waals surface area contributed by atoms with Crippen molar-refractivity contribution in [2.45, 2.75) is 52.1 Å². The summed E-state index contributed by atoms with van der Waals surface area (Å²) in [6.07, 6.45) is 6.25. The number of piperidine rings is 1. The number of hydrogen-bond donors (Lipinski definition) is 0. The zero-order valence-electron chi connectivity index (χ0n) is 17.4. The van der Waals surface area contributed by atoms with E-state index in [4.69, 9.17) is 14.7 Å². The molecule has 0 aliphatic carbocycles. The largest absolute Gasteiger partial charge is 0.492 e. The fourth-order valence-corrected chi connectivity index (χ4v) is 4.30. The van der Waals surface area contributed by atoms with Crippen LogP contribution in [0.1, 0.15) is 54.9 Å². The summed E-state index contributed by atoms with van der Waals surface area (Å²) >= 11 is 0. The van der Waals surface area contributed by atoms with E-state index in [1.807, 2.05) is 23.2 Å². The lowest BCUT2D eigenvalue weighted by Gasteiger charge is -2.35. The summed E-state index contributed by atoms with van der Waals surface area (Å²) in [5.74, 6) is 1.97. The Kier molecular flexibility index (Phi) is 6.09. The molecule has 0 spiro atoms. The van der Waals surface area contributed by atoms with Crippen LogP contribution in [0.4, 0.5) is 0 Å². The van der Waals surface area contributed by atoms with Crippen LogP contribution in [-0.4, -0.2) is 51.9 Å². The lowest BCUT2D eigenvalue weighted by atomic mass is 10.0. The summed E-state index contributed by atoms with van der Waals surface area (Å²) in [4.78, 5) is 25.6. The van der Waals surface area contributed by atoms with Crippen molar-refractivity contribution in [2.24, 2.45) is 0 Å². The van der Waals surface area contributed by atoms with E-state index in [-0.39, 0.29) is 11.9 Å². The zero-order chi connectivity index (χ0) is 20.2. The second-order valence-electron chi connectivity index (χ2n) is 8.10. The Morgan fingerprint density at radius 3 is 3.00 bits per heavy atom. The number of fused-ring (bicyclic) bond motifs is 1. The highest BCUT2D eigenvalue weighted by atomic mass is 16.5. The summed E-state index contributed by atoms with van der Waals surface area (Å²) in [6.45, 7) is 7.67. The molecule has 2 aliphatic heterocycles. The topological polar surface area (TPSA) is 58.6 Å². The first-order chi connectivity index (χ1) is 14.1. The van der Waals surface area contributed by atoms with Gasteiger partial charge in [0.25, 0.3) is 0 Å². The monoisotopic (exact) mass is 394 g/mol. The van der Waals surface area contributed by atoms with Gasteiger partial charge in [0, 0.05) is 44.7 Å². The number of rotatable bonds is 5.